The lowest BCUT2D eigenvalue weighted by molar-refractivity contribution is -0.133. The van der Waals surface area contributed by atoms with Crippen LogP contribution in [0.2, 0.25) is 0 Å². The zero-order chi connectivity index (χ0) is 14.7. The van der Waals surface area contributed by atoms with E-state index in [1.165, 1.54) is 7.11 Å². The number of methoxy groups -OCH3 is 2. The van der Waals surface area contributed by atoms with E-state index in [1.54, 1.807) is 23.7 Å². The zero-order valence-electron chi connectivity index (χ0n) is 12.0. The fourth-order valence-electron chi connectivity index (χ4n) is 2.39. The van der Waals surface area contributed by atoms with Gasteiger partial charge < -0.3 is 14.4 Å². The van der Waals surface area contributed by atoms with Gasteiger partial charge in [-0.2, -0.15) is 5.10 Å². The molecule has 1 aliphatic heterocycles. The first-order chi connectivity index (χ1) is 9.58. The van der Waals surface area contributed by atoms with E-state index in [2.05, 4.69) is 5.10 Å². The van der Waals surface area contributed by atoms with Gasteiger partial charge in [0.1, 0.15) is 0 Å². The van der Waals surface area contributed by atoms with Crippen LogP contribution in [0.4, 0.5) is 0 Å². The number of fused-ring (bicyclic) bond motifs is 1. The SMILES string of the molecule is COCCC(=O)N1CCc2c(C(=O)OC)nn(C)c2C1. The van der Waals surface area contributed by atoms with E-state index in [0.717, 1.165) is 11.3 Å². The third-order valence-electron chi connectivity index (χ3n) is 3.50. The summed E-state index contributed by atoms with van der Waals surface area (Å²) < 4.78 is 11.3. The molecule has 0 saturated heterocycles. The summed E-state index contributed by atoms with van der Waals surface area (Å²) in [6.45, 7) is 1.48. The monoisotopic (exact) mass is 281 g/mol. The second kappa shape index (κ2) is 6.04. The van der Waals surface area contributed by atoms with Gasteiger partial charge in [0.15, 0.2) is 5.69 Å². The first-order valence-corrected chi connectivity index (χ1v) is 6.48. The Morgan fingerprint density at radius 2 is 2.10 bits per heavy atom. The molecular formula is C13H19N3O4. The van der Waals surface area contributed by atoms with Crippen molar-refractivity contribution in [2.75, 3.05) is 27.4 Å². The lowest BCUT2D eigenvalue weighted by Gasteiger charge is -2.27. The van der Waals surface area contributed by atoms with Crippen LogP contribution < -0.4 is 0 Å². The van der Waals surface area contributed by atoms with Crippen molar-refractivity contribution in [3.63, 3.8) is 0 Å². The Kier molecular flexibility index (Phi) is 4.39. The molecule has 2 heterocycles. The van der Waals surface area contributed by atoms with Gasteiger partial charge in [-0.3, -0.25) is 9.48 Å². The maximum absolute atomic E-state index is 12.0. The van der Waals surface area contributed by atoms with E-state index >= 15 is 0 Å². The van der Waals surface area contributed by atoms with Gasteiger partial charge in [0.05, 0.1) is 32.4 Å². The molecule has 1 aromatic rings. The average molecular weight is 281 g/mol. The van der Waals surface area contributed by atoms with Crippen molar-refractivity contribution >= 4 is 11.9 Å². The molecule has 0 radical (unpaired) electrons. The number of ether oxygens (including phenoxy) is 2. The van der Waals surface area contributed by atoms with Gasteiger partial charge in [-0.1, -0.05) is 0 Å². The van der Waals surface area contributed by atoms with E-state index in [1.807, 2.05) is 0 Å². The van der Waals surface area contributed by atoms with Gasteiger partial charge >= 0.3 is 5.97 Å². The van der Waals surface area contributed by atoms with Crippen molar-refractivity contribution in [3.8, 4) is 0 Å². The van der Waals surface area contributed by atoms with Gasteiger partial charge in [-0.25, -0.2) is 4.79 Å². The number of hydrogen-bond acceptors (Lipinski definition) is 5. The predicted octanol–water partition coefficient (Wildman–Crippen LogP) is 0.128. The number of amides is 1. The largest absolute Gasteiger partial charge is 0.464 e. The Balaban J connectivity index is 2.16. The highest BCUT2D eigenvalue weighted by Gasteiger charge is 2.29. The zero-order valence-corrected chi connectivity index (χ0v) is 12.0. The number of aryl methyl sites for hydroxylation is 1. The molecule has 0 fully saturated rings. The van der Waals surface area contributed by atoms with Crippen molar-refractivity contribution in [1.29, 1.82) is 0 Å². The standard InChI is InChI=1S/C13H19N3O4/c1-15-10-8-16(11(17)5-7-19-2)6-4-9(10)12(14-15)13(18)20-3/h4-8H2,1-3H3. The van der Waals surface area contributed by atoms with Gasteiger partial charge in [0.2, 0.25) is 5.91 Å². The van der Waals surface area contributed by atoms with E-state index in [-0.39, 0.29) is 5.91 Å². The highest BCUT2D eigenvalue weighted by atomic mass is 16.5. The number of carbonyl (C=O) groups excluding carboxylic acids is 2. The summed E-state index contributed by atoms with van der Waals surface area (Å²) in [7, 11) is 4.69. The molecule has 7 nitrogen and oxygen atoms in total. The number of hydrogen-bond donors (Lipinski definition) is 0. The van der Waals surface area contributed by atoms with Crippen LogP contribution in [0.5, 0.6) is 0 Å². The smallest absolute Gasteiger partial charge is 0.358 e. The molecule has 0 spiro atoms. The molecule has 0 atom stereocenters. The minimum absolute atomic E-state index is 0.0540. The summed E-state index contributed by atoms with van der Waals surface area (Å²) >= 11 is 0. The van der Waals surface area contributed by atoms with Crippen molar-refractivity contribution in [3.05, 3.63) is 17.0 Å². The highest BCUT2D eigenvalue weighted by molar-refractivity contribution is 5.89. The van der Waals surface area contributed by atoms with Crippen LogP contribution in [0.25, 0.3) is 0 Å². The summed E-state index contributed by atoms with van der Waals surface area (Å²) in [5.41, 5.74) is 2.13. The van der Waals surface area contributed by atoms with Crippen LogP contribution in [0.3, 0.4) is 0 Å². The minimum Gasteiger partial charge on any atom is -0.464 e. The number of nitrogens with zero attached hydrogens (tertiary/aromatic N) is 3. The molecule has 0 unspecified atom stereocenters. The average Bonchev–Trinajstić information content (AvgIpc) is 2.80. The van der Waals surface area contributed by atoms with Gasteiger partial charge in [0, 0.05) is 26.3 Å². The molecule has 1 amide bonds. The lowest BCUT2D eigenvalue weighted by atomic mass is 10.0. The molecule has 7 heteroatoms. The van der Waals surface area contributed by atoms with Crippen LogP contribution in [0.1, 0.15) is 28.2 Å². The summed E-state index contributed by atoms with van der Waals surface area (Å²) in [5, 5.41) is 4.20. The van der Waals surface area contributed by atoms with E-state index < -0.39 is 5.97 Å². The molecule has 0 N–H and O–H groups in total. The van der Waals surface area contributed by atoms with Crippen LogP contribution in [-0.4, -0.2) is 53.9 Å². The minimum atomic E-state index is -0.430. The van der Waals surface area contributed by atoms with Crippen LogP contribution >= 0.6 is 0 Å². The van der Waals surface area contributed by atoms with Crippen LogP contribution in [-0.2, 0) is 34.3 Å². The fraction of sp³-hybridized carbons (Fsp3) is 0.615. The predicted molar refractivity (Wildman–Crippen MR) is 70.2 cm³/mol. The number of rotatable bonds is 4. The lowest BCUT2D eigenvalue weighted by Crippen LogP contribution is -2.37. The molecule has 0 aromatic carbocycles. The maximum atomic E-state index is 12.0. The van der Waals surface area contributed by atoms with E-state index in [9.17, 15) is 9.59 Å². The van der Waals surface area contributed by atoms with E-state index in [4.69, 9.17) is 9.47 Å². The second-order valence-electron chi connectivity index (χ2n) is 4.70. The second-order valence-corrected chi connectivity index (χ2v) is 4.70. The Morgan fingerprint density at radius 3 is 2.75 bits per heavy atom. The molecule has 1 aliphatic rings. The summed E-state index contributed by atoms with van der Waals surface area (Å²) in [4.78, 5) is 25.4. The molecule has 0 aliphatic carbocycles. The number of esters is 1. The van der Waals surface area contributed by atoms with Crippen molar-refractivity contribution in [2.24, 2.45) is 7.05 Å². The van der Waals surface area contributed by atoms with E-state index in [0.29, 0.717) is 38.2 Å². The van der Waals surface area contributed by atoms with Gasteiger partial charge in [0.25, 0.3) is 0 Å². The fourth-order valence-corrected chi connectivity index (χ4v) is 2.39. The number of carbonyl (C=O) groups is 2. The van der Waals surface area contributed by atoms with Gasteiger partial charge in [-0.05, 0) is 6.42 Å². The Bertz CT molecular complexity index is 524. The Hall–Kier alpha value is -1.89. The van der Waals surface area contributed by atoms with Crippen LogP contribution in [0, 0.1) is 0 Å². The Labute approximate surface area is 117 Å². The number of aromatic nitrogens is 2. The van der Waals surface area contributed by atoms with Gasteiger partial charge in [-0.15, -0.1) is 0 Å². The molecule has 110 valence electrons. The molecule has 2 rings (SSSR count). The van der Waals surface area contributed by atoms with Crippen molar-refractivity contribution < 1.29 is 19.1 Å². The topological polar surface area (TPSA) is 73.7 Å². The molecule has 0 saturated carbocycles. The normalized spacial score (nSPS) is 14.1. The molecular weight excluding hydrogens is 262 g/mol. The molecule has 0 bridgehead atoms. The molecule has 1 aromatic heterocycles. The van der Waals surface area contributed by atoms with Crippen molar-refractivity contribution in [2.45, 2.75) is 19.4 Å². The highest BCUT2D eigenvalue weighted by Crippen LogP contribution is 2.22. The molecule has 20 heavy (non-hydrogen) atoms. The quantitative estimate of drug-likeness (QED) is 0.733. The van der Waals surface area contributed by atoms with Crippen molar-refractivity contribution in [1.82, 2.24) is 14.7 Å². The van der Waals surface area contributed by atoms with Crippen LogP contribution in [0.15, 0.2) is 0 Å². The Morgan fingerprint density at radius 1 is 1.35 bits per heavy atom. The summed E-state index contributed by atoms with van der Waals surface area (Å²) in [6.07, 6.45) is 0.986. The summed E-state index contributed by atoms with van der Waals surface area (Å²) in [5.74, 6) is -0.376. The maximum Gasteiger partial charge on any atom is 0.358 e. The third-order valence-corrected chi connectivity index (χ3v) is 3.50. The first kappa shape index (κ1) is 14.5. The summed E-state index contributed by atoms with van der Waals surface area (Å²) in [6, 6.07) is 0. The third kappa shape index (κ3) is 2.67. The first-order valence-electron chi connectivity index (χ1n) is 6.48.